The molecule has 1 aliphatic rings. The lowest BCUT2D eigenvalue weighted by molar-refractivity contribution is -0.149. The third kappa shape index (κ3) is 3.45. The summed E-state index contributed by atoms with van der Waals surface area (Å²) in [5.41, 5.74) is 1.05. The van der Waals surface area contributed by atoms with Gasteiger partial charge in [0, 0.05) is 18.4 Å². The van der Waals surface area contributed by atoms with E-state index in [1.54, 1.807) is 6.20 Å². The highest BCUT2D eigenvalue weighted by Gasteiger charge is 2.26. The Kier molecular flexibility index (Phi) is 4.56. The van der Waals surface area contributed by atoms with E-state index in [1.807, 2.05) is 25.3 Å². The molecule has 0 aliphatic heterocycles. The van der Waals surface area contributed by atoms with Crippen molar-refractivity contribution in [2.24, 2.45) is 5.92 Å². The summed E-state index contributed by atoms with van der Waals surface area (Å²) in [6.07, 6.45) is 7.45. The molecule has 0 amide bonds. The zero-order chi connectivity index (χ0) is 12.8. The van der Waals surface area contributed by atoms with Crippen molar-refractivity contribution in [3.63, 3.8) is 0 Å². The first-order chi connectivity index (χ1) is 8.79. The normalized spacial score (nSPS) is 23.4. The Labute approximate surface area is 108 Å². The number of pyridine rings is 1. The molecule has 0 aromatic carbocycles. The number of anilines is 1. The van der Waals surface area contributed by atoms with Gasteiger partial charge in [-0.15, -0.1) is 0 Å². The van der Waals surface area contributed by atoms with Gasteiger partial charge >= 0.3 is 5.97 Å². The second-order valence-electron chi connectivity index (χ2n) is 4.69. The second-order valence-corrected chi connectivity index (χ2v) is 4.69. The smallest absolute Gasteiger partial charge is 0.308 e. The molecule has 1 aromatic rings. The first-order valence-corrected chi connectivity index (χ1v) is 6.62. The molecule has 0 saturated heterocycles. The number of carbonyl (C=O) groups is 1. The first kappa shape index (κ1) is 12.9. The lowest BCUT2D eigenvalue weighted by atomic mass is 9.86. The Morgan fingerprint density at radius 1 is 1.44 bits per heavy atom. The van der Waals surface area contributed by atoms with Gasteiger partial charge in [-0.25, -0.2) is 0 Å². The van der Waals surface area contributed by atoms with Crippen LogP contribution in [0.5, 0.6) is 0 Å². The lowest BCUT2D eigenvalue weighted by Crippen LogP contribution is -2.30. The molecule has 1 aliphatic carbocycles. The van der Waals surface area contributed by atoms with Crippen molar-refractivity contribution < 1.29 is 9.53 Å². The molecule has 18 heavy (non-hydrogen) atoms. The maximum Gasteiger partial charge on any atom is 0.308 e. The fourth-order valence-corrected chi connectivity index (χ4v) is 2.42. The first-order valence-electron chi connectivity index (χ1n) is 6.62. The summed E-state index contributed by atoms with van der Waals surface area (Å²) in [4.78, 5) is 15.7. The van der Waals surface area contributed by atoms with Crippen LogP contribution in [0.25, 0.3) is 0 Å². The molecule has 1 fully saturated rings. The zero-order valence-electron chi connectivity index (χ0n) is 10.8. The largest absolute Gasteiger partial charge is 0.466 e. The van der Waals surface area contributed by atoms with Gasteiger partial charge in [0.15, 0.2) is 0 Å². The van der Waals surface area contributed by atoms with Crippen LogP contribution in [0, 0.1) is 5.92 Å². The van der Waals surface area contributed by atoms with Crippen LogP contribution < -0.4 is 5.32 Å². The van der Waals surface area contributed by atoms with E-state index < -0.39 is 0 Å². The number of nitrogens with zero attached hydrogens (tertiary/aromatic N) is 1. The number of ether oxygens (including phenoxy) is 1. The van der Waals surface area contributed by atoms with Crippen LogP contribution in [-0.2, 0) is 9.53 Å². The van der Waals surface area contributed by atoms with Crippen molar-refractivity contribution in [2.75, 3.05) is 11.9 Å². The molecule has 4 nitrogen and oxygen atoms in total. The zero-order valence-corrected chi connectivity index (χ0v) is 10.8. The van der Waals surface area contributed by atoms with Crippen molar-refractivity contribution in [3.8, 4) is 0 Å². The molecular weight excluding hydrogens is 228 g/mol. The number of hydrogen-bond donors (Lipinski definition) is 1. The lowest BCUT2D eigenvalue weighted by Gasteiger charge is -2.28. The van der Waals surface area contributed by atoms with E-state index in [0.717, 1.165) is 31.4 Å². The molecule has 1 saturated carbocycles. The van der Waals surface area contributed by atoms with Gasteiger partial charge < -0.3 is 10.1 Å². The van der Waals surface area contributed by atoms with Gasteiger partial charge in [0.05, 0.1) is 18.2 Å². The SMILES string of the molecule is CCOC(=O)C1CCC(Nc2cccnc2)CC1. The Morgan fingerprint density at radius 2 is 2.22 bits per heavy atom. The van der Waals surface area contributed by atoms with Crippen LogP contribution in [0.4, 0.5) is 5.69 Å². The summed E-state index contributed by atoms with van der Waals surface area (Å²) in [6, 6.07) is 4.39. The quantitative estimate of drug-likeness (QED) is 0.832. The van der Waals surface area contributed by atoms with Crippen LogP contribution in [0.1, 0.15) is 32.6 Å². The molecule has 0 atom stereocenters. The van der Waals surface area contributed by atoms with Crippen LogP contribution >= 0.6 is 0 Å². The third-order valence-electron chi connectivity index (χ3n) is 3.38. The van der Waals surface area contributed by atoms with Crippen molar-refractivity contribution in [3.05, 3.63) is 24.5 Å². The van der Waals surface area contributed by atoms with Gasteiger partial charge in [0.25, 0.3) is 0 Å². The monoisotopic (exact) mass is 248 g/mol. The molecule has 1 aromatic heterocycles. The molecule has 2 rings (SSSR count). The minimum atomic E-state index is -0.0303. The average Bonchev–Trinajstić information content (AvgIpc) is 2.41. The minimum Gasteiger partial charge on any atom is -0.466 e. The predicted octanol–water partition coefficient (Wildman–Crippen LogP) is 2.62. The Bertz CT molecular complexity index is 373. The molecule has 0 spiro atoms. The van der Waals surface area contributed by atoms with E-state index in [2.05, 4.69) is 10.3 Å². The van der Waals surface area contributed by atoms with Gasteiger partial charge in [-0.05, 0) is 44.7 Å². The summed E-state index contributed by atoms with van der Waals surface area (Å²) in [7, 11) is 0. The van der Waals surface area contributed by atoms with Gasteiger partial charge in [0.1, 0.15) is 0 Å². The summed E-state index contributed by atoms with van der Waals surface area (Å²) >= 11 is 0. The van der Waals surface area contributed by atoms with E-state index in [9.17, 15) is 4.79 Å². The third-order valence-corrected chi connectivity index (χ3v) is 3.38. The van der Waals surface area contributed by atoms with Gasteiger partial charge in [-0.1, -0.05) is 0 Å². The maximum atomic E-state index is 11.6. The molecule has 98 valence electrons. The second kappa shape index (κ2) is 6.38. The number of rotatable bonds is 4. The maximum absolute atomic E-state index is 11.6. The van der Waals surface area contributed by atoms with E-state index in [4.69, 9.17) is 4.74 Å². The van der Waals surface area contributed by atoms with Crippen molar-refractivity contribution in [1.29, 1.82) is 0 Å². The Balaban J connectivity index is 1.78. The Hall–Kier alpha value is -1.58. The molecule has 0 radical (unpaired) electrons. The highest BCUT2D eigenvalue weighted by Crippen LogP contribution is 2.27. The highest BCUT2D eigenvalue weighted by molar-refractivity contribution is 5.72. The van der Waals surface area contributed by atoms with E-state index in [1.165, 1.54) is 0 Å². The van der Waals surface area contributed by atoms with Crippen LogP contribution in [0.3, 0.4) is 0 Å². The topological polar surface area (TPSA) is 51.2 Å². The number of hydrogen-bond acceptors (Lipinski definition) is 4. The fourth-order valence-electron chi connectivity index (χ4n) is 2.42. The van der Waals surface area contributed by atoms with Gasteiger partial charge in [-0.2, -0.15) is 0 Å². The molecule has 1 heterocycles. The highest BCUT2D eigenvalue weighted by atomic mass is 16.5. The van der Waals surface area contributed by atoms with E-state index in [-0.39, 0.29) is 11.9 Å². The molecule has 1 N–H and O–H groups in total. The molecule has 0 bridgehead atoms. The summed E-state index contributed by atoms with van der Waals surface area (Å²) in [6.45, 7) is 2.33. The van der Waals surface area contributed by atoms with Gasteiger partial charge in [0.2, 0.25) is 0 Å². The average molecular weight is 248 g/mol. The molecule has 4 heteroatoms. The predicted molar refractivity (Wildman–Crippen MR) is 70.2 cm³/mol. The summed E-state index contributed by atoms with van der Waals surface area (Å²) in [5.74, 6) is 0.0641. The van der Waals surface area contributed by atoms with Crippen molar-refractivity contribution >= 4 is 11.7 Å². The van der Waals surface area contributed by atoms with E-state index in [0.29, 0.717) is 12.6 Å². The van der Waals surface area contributed by atoms with Crippen LogP contribution in [0.15, 0.2) is 24.5 Å². The van der Waals surface area contributed by atoms with Crippen LogP contribution in [0.2, 0.25) is 0 Å². The van der Waals surface area contributed by atoms with E-state index >= 15 is 0 Å². The fraction of sp³-hybridized carbons (Fsp3) is 0.571. The number of carbonyl (C=O) groups excluding carboxylic acids is 1. The number of nitrogens with one attached hydrogen (secondary N) is 1. The molecular formula is C14H20N2O2. The molecule has 0 unspecified atom stereocenters. The summed E-state index contributed by atoms with van der Waals surface area (Å²) < 4.78 is 5.07. The van der Waals surface area contributed by atoms with Gasteiger partial charge in [-0.3, -0.25) is 9.78 Å². The minimum absolute atomic E-state index is 0.0303. The van der Waals surface area contributed by atoms with Crippen LogP contribution in [-0.4, -0.2) is 23.6 Å². The van der Waals surface area contributed by atoms with Crippen molar-refractivity contribution in [2.45, 2.75) is 38.6 Å². The summed E-state index contributed by atoms with van der Waals surface area (Å²) in [5, 5.41) is 3.46. The number of esters is 1. The van der Waals surface area contributed by atoms with Crippen molar-refractivity contribution in [1.82, 2.24) is 4.98 Å². The number of aromatic nitrogens is 1. The standard InChI is InChI=1S/C14H20N2O2/c1-2-18-14(17)11-5-7-12(8-6-11)16-13-4-3-9-15-10-13/h3-4,9-12,16H,2,5-8H2,1H3. The Morgan fingerprint density at radius 3 is 2.83 bits per heavy atom.